The molecule has 0 aliphatic carbocycles. The summed E-state index contributed by atoms with van der Waals surface area (Å²) in [5.74, 6) is 1.42. The maximum Gasteiger partial charge on any atom is 0.329 e. The predicted molar refractivity (Wildman–Crippen MR) is 253 cm³/mol. The normalized spacial score (nSPS) is 19.5. The fraction of sp³-hybridized carbons (Fsp3) is 0.469. The summed E-state index contributed by atoms with van der Waals surface area (Å²) in [6.07, 6.45) is 4.70. The number of imidazole rings is 1. The van der Waals surface area contributed by atoms with Crippen LogP contribution in [0.2, 0.25) is 5.02 Å². The molecule has 4 fully saturated rings. The van der Waals surface area contributed by atoms with Crippen LogP contribution in [0.25, 0.3) is 11.0 Å². The van der Waals surface area contributed by atoms with Gasteiger partial charge in [-0.3, -0.25) is 38.7 Å². The van der Waals surface area contributed by atoms with Gasteiger partial charge in [0.2, 0.25) is 17.8 Å². The van der Waals surface area contributed by atoms with E-state index in [1.165, 1.54) is 17.4 Å². The third-order valence-corrected chi connectivity index (χ3v) is 14.5. The number of likely N-dealkylation sites (tertiary alicyclic amines) is 2. The lowest BCUT2D eigenvalue weighted by molar-refractivity contribution is -0.135. The Morgan fingerprint density at radius 2 is 1.61 bits per heavy atom. The number of carbonyl (C=O) groups is 2. The van der Waals surface area contributed by atoms with E-state index in [0.717, 1.165) is 104 Å². The average Bonchev–Trinajstić information content (AvgIpc) is 3.56. The van der Waals surface area contributed by atoms with Gasteiger partial charge in [-0.15, -0.1) is 11.6 Å². The molecule has 15 nitrogen and oxygen atoms in total. The third kappa shape index (κ3) is 9.39. The van der Waals surface area contributed by atoms with Gasteiger partial charge in [-0.25, -0.2) is 14.8 Å². The summed E-state index contributed by atoms with van der Waals surface area (Å²) < 4.78 is 15.0. The molecule has 4 saturated heterocycles. The number of piperazine rings is 1. The van der Waals surface area contributed by atoms with E-state index in [2.05, 4.69) is 61.9 Å². The number of carbonyl (C=O) groups excluding carboxylic acids is 2. The maximum absolute atomic E-state index is 13.2. The van der Waals surface area contributed by atoms with Crippen molar-refractivity contribution in [3.63, 3.8) is 0 Å². The van der Waals surface area contributed by atoms with Gasteiger partial charge in [-0.05, 0) is 78.4 Å². The lowest BCUT2D eigenvalue weighted by Gasteiger charge is -2.49. The second kappa shape index (κ2) is 19.4. The fourth-order valence-electron chi connectivity index (χ4n) is 10.0. The van der Waals surface area contributed by atoms with Crippen LogP contribution in [-0.4, -0.2) is 123 Å². The monoisotopic (exact) mass is 934 g/mol. The molecule has 2 amide bonds. The number of nitrogens with zero attached hydrogens (tertiary/aromatic N) is 9. The van der Waals surface area contributed by atoms with Crippen molar-refractivity contribution in [2.45, 2.75) is 76.2 Å². The van der Waals surface area contributed by atoms with Gasteiger partial charge in [0, 0.05) is 96.1 Å². The van der Waals surface area contributed by atoms with E-state index in [1.54, 1.807) is 11.6 Å². The number of piperidine rings is 2. The number of hydrogen-bond acceptors (Lipinski definition) is 12. The van der Waals surface area contributed by atoms with E-state index in [0.29, 0.717) is 47.3 Å². The summed E-state index contributed by atoms with van der Waals surface area (Å²) in [4.78, 5) is 57.1. The second-order valence-corrected chi connectivity index (χ2v) is 19.2. The number of nitrogens with one attached hydrogen (secondary N) is 1. The van der Waals surface area contributed by atoms with Crippen molar-refractivity contribution in [3.05, 3.63) is 110 Å². The quantitative estimate of drug-likeness (QED) is 0.109. The number of alkyl halides is 1. The third-order valence-electron chi connectivity index (χ3n) is 14.0. The first-order chi connectivity index (χ1) is 31.9. The number of imide groups is 1. The largest absolute Gasteiger partial charge is 0.489 e. The molecular formula is C49H56Cl2N10O5. The van der Waals surface area contributed by atoms with Crippen LogP contribution in [-0.2, 0) is 35.2 Å². The molecule has 5 aromatic rings. The molecule has 6 heterocycles. The van der Waals surface area contributed by atoms with Gasteiger partial charge in [0.1, 0.15) is 31.1 Å². The number of nitriles is 1. The van der Waals surface area contributed by atoms with E-state index >= 15 is 0 Å². The summed E-state index contributed by atoms with van der Waals surface area (Å²) in [6, 6.07) is 22.3. The van der Waals surface area contributed by atoms with Crippen molar-refractivity contribution in [1.82, 2.24) is 39.1 Å². The minimum absolute atomic E-state index is 0.225. The highest BCUT2D eigenvalue weighted by Crippen LogP contribution is 2.39. The zero-order chi connectivity index (χ0) is 46.1. The van der Waals surface area contributed by atoms with Crippen LogP contribution in [0.3, 0.4) is 0 Å². The molecule has 4 aliphatic rings. The van der Waals surface area contributed by atoms with Crippen LogP contribution >= 0.6 is 23.2 Å². The fourth-order valence-corrected chi connectivity index (χ4v) is 10.4. The van der Waals surface area contributed by atoms with Gasteiger partial charge in [0.05, 0.1) is 33.2 Å². The van der Waals surface area contributed by atoms with Crippen LogP contribution in [0.4, 0.5) is 5.95 Å². The van der Waals surface area contributed by atoms with E-state index in [1.807, 2.05) is 54.7 Å². The van der Waals surface area contributed by atoms with Crippen molar-refractivity contribution in [3.8, 4) is 17.6 Å². The number of halogens is 2. The van der Waals surface area contributed by atoms with Gasteiger partial charge >= 0.3 is 5.69 Å². The second-order valence-electron chi connectivity index (χ2n) is 18.4. The minimum atomic E-state index is -0.680. The Hall–Kier alpha value is -5.50. The van der Waals surface area contributed by atoms with Crippen molar-refractivity contribution < 1.29 is 19.1 Å². The molecule has 346 valence electrons. The SMILES string of the molecule is Cn1c(=O)n(C2CCC(=O)NC2=O)c2ccc(CN3CC(N4CCC(N5CCN(c6nccc(COc7ccc(C(C)(C)c8cc(Cl)c(OCCCl)c(C#N)c8)cc7)n6)CC5)CC4)C3)cc21. The molecule has 0 bridgehead atoms. The number of rotatable bonds is 14. The zero-order valence-electron chi connectivity index (χ0n) is 37.7. The Bertz CT molecular complexity index is 2690. The number of hydrogen-bond donors (Lipinski definition) is 1. The maximum atomic E-state index is 13.2. The summed E-state index contributed by atoms with van der Waals surface area (Å²) in [7, 11) is 1.74. The molecule has 0 saturated carbocycles. The van der Waals surface area contributed by atoms with Crippen molar-refractivity contribution in [2.75, 3.05) is 69.7 Å². The smallest absolute Gasteiger partial charge is 0.329 e. The summed E-state index contributed by atoms with van der Waals surface area (Å²) in [5.41, 5.74) is 5.12. The molecule has 66 heavy (non-hydrogen) atoms. The molecule has 9 rings (SSSR count). The van der Waals surface area contributed by atoms with Crippen LogP contribution in [0.1, 0.15) is 73.5 Å². The predicted octanol–water partition coefficient (Wildman–Crippen LogP) is 5.63. The lowest BCUT2D eigenvalue weighted by atomic mass is 9.77. The molecule has 1 N–H and O–H groups in total. The number of anilines is 1. The van der Waals surface area contributed by atoms with Gasteiger partial charge in [0.15, 0.2) is 5.75 Å². The number of fused-ring (bicyclic) bond motifs is 1. The van der Waals surface area contributed by atoms with E-state index in [9.17, 15) is 19.6 Å². The Kier molecular flexibility index (Phi) is 13.4. The first-order valence-corrected chi connectivity index (χ1v) is 23.8. The molecule has 0 spiro atoms. The number of benzene rings is 3. The zero-order valence-corrected chi connectivity index (χ0v) is 39.2. The first kappa shape index (κ1) is 45.6. The lowest BCUT2D eigenvalue weighted by Crippen LogP contribution is -2.61. The van der Waals surface area contributed by atoms with Gasteiger partial charge in [0.25, 0.3) is 0 Å². The van der Waals surface area contributed by atoms with E-state index in [-0.39, 0.29) is 24.6 Å². The molecule has 3 aromatic carbocycles. The highest BCUT2D eigenvalue weighted by Gasteiger charge is 2.36. The Morgan fingerprint density at radius 1 is 0.864 bits per heavy atom. The number of amides is 2. The first-order valence-electron chi connectivity index (χ1n) is 22.9. The number of aromatic nitrogens is 4. The Balaban J connectivity index is 0.713. The van der Waals surface area contributed by atoms with Crippen LogP contribution < -0.4 is 25.4 Å². The molecule has 1 unspecified atom stereocenters. The van der Waals surface area contributed by atoms with Crippen molar-refractivity contribution in [1.29, 1.82) is 5.26 Å². The standard InChI is InChI=1S/C49H56Cl2N10O5/c1-49(2,35-25-33(27-52)45(40(51)26-35)65-23-15-50)34-5-7-39(8-6-34)66-31-36-12-16-53-47(54-36)60-21-19-59(20-22-60)37-13-17-58(18-14-37)38-29-57(30-38)28-32-4-9-41-43(24-32)56(3)48(64)61(41)42-10-11-44(62)55-46(42)63/h4-9,12,16,24-26,37-38,42H,10-11,13-15,17-23,28-31H2,1-3H3,(H,55,62,63). The Morgan fingerprint density at radius 3 is 2.32 bits per heavy atom. The summed E-state index contributed by atoms with van der Waals surface area (Å²) >= 11 is 12.4. The molecule has 1 atom stereocenters. The highest BCUT2D eigenvalue weighted by atomic mass is 35.5. The van der Waals surface area contributed by atoms with Crippen LogP contribution in [0, 0.1) is 11.3 Å². The molecule has 2 aromatic heterocycles. The van der Waals surface area contributed by atoms with Crippen molar-refractivity contribution >= 4 is 52.0 Å². The molecule has 17 heteroatoms. The number of aryl methyl sites for hydroxylation is 1. The van der Waals surface area contributed by atoms with Gasteiger partial charge in [-0.2, -0.15) is 5.26 Å². The molecule has 4 aliphatic heterocycles. The summed E-state index contributed by atoms with van der Waals surface area (Å²) in [6.45, 7) is 13.6. The highest BCUT2D eigenvalue weighted by molar-refractivity contribution is 6.32. The molecule has 0 radical (unpaired) electrons. The summed E-state index contributed by atoms with van der Waals surface area (Å²) in [5, 5.41) is 12.6. The topological polar surface area (TPSA) is 154 Å². The van der Waals surface area contributed by atoms with Crippen LogP contribution in [0.5, 0.6) is 11.5 Å². The number of ether oxygens (including phenoxy) is 2. The van der Waals surface area contributed by atoms with Gasteiger partial charge < -0.3 is 14.4 Å². The average molecular weight is 936 g/mol. The minimum Gasteiger partial charge on any atom is -0.489 e. The van der Waals surface area contributed by atoms with Gasteiger partial charge in [-0.1, -0.05) is 43.6 Å². The Labute approximate surface area is 394 Å². The molecular weight excluding hydrogens is 880 g/mol. The van der Waals surface area contributed by atoms with E-state index < -0.39 is 17.4 Å². The van der Waals surface area contributed by atoms with Crippen molar-refractivity contribution in [2.24, 2.45) is 7.05 Å². The van der Waals surface area contributed by atoms with Crippen LogP contribution in [0.15, 0.2) is 71.7 Å². The van der Waals surface area contributed by atoms with E-state index in [4.69, 9.17) is 37.7 Å².